The van der Waals surface area contributed by atoms with Gasteiger partial charge in [-0.05, 0) is 36.6 Å². The van der Waals surface area contributed by atoms with Crippen LogP contribution in [-0.2, 0) is 11.2 Å². The maximum Gasteiger partial charge on any atom is 0.348 e. The quantitative estimate of drug-likeness (QED) is 0.783. The van der Waals surface area contributed by atoms with E-state index in [0.717, 1.165) is 24.4 Å². The van der Waals surface area contributed by atoms with Crippen LogP contribution in [0.1, 0.15) is 21.7 Å². The summed E-state index contributed by atoms with van der Waals surface area (Å²) in [5, 5.41) is 1.10. The Morgan fingerprint density at radius 3 is 2.95 bits per heavy atom. The van der Waals surface area contributed by atoms with Gasteiger partial charge in [0.05, 0.1) is 12.1 Å². The fourth-order valence-electron chi connectivity index (χ4n) is 2.45. The molecule has 98 valence electrons. The highest BCUT2D eigenvalue weighted by Crippen LogP contribution is 2.37. The minimum absolute atomic E-state index is 0.262. The van der Waals surface area contributed by atoms with Gasteiger partial charge in [-0.1, -0.05) is 18.2 Å². The molecule has 0 saturated carbocycles. The van der Waals surface area contributed by atoms with Crippen molar-refractivity contribution in [3.8, 4) is 0 Å². The highest BCUT2D eigenvalue weighted by molar-refractivity contribution is 7.18. The smallest absolute Gasteiger partial charge is 0.348 e. The molecule has 0 saturated heterocycles. The minimum Gasteiger partial charge on any atom is -0.465 e. The molecule has 2 heterocycles. The molecular weight excluding hydrogens is 258 g/mol. The van der Waals surface area contributed by atoms with Crippen LogP contribution in [0.25, 0.3) is 0 Å². The van der Waals surface area contributed by atoms with E-state index in [9.17, 15) is 4.79 Å². The molecule has 3 nitrogen and oxygen atoms in total. The number of carbonyl (C=O) groups excluding carboxylic acids is 1. The van der Waals surface area contributed by atoms with Crippen LogP contribution < -0.4 is 4.90 Å². The Labute approximate surface area is 116 Å². The number of para-hydroxylation sites is 1. The Morgan fingerprint density at radius 1 is 1.26 bits per heavy atom. The third kappa shape index (κ3) is 2.24. The molecule has 0 N–H and O–H groups in total. The number of rotatable bonds is 2. The Morgan fingerprint density at radius 2 is 2.11 bits per heavy atom. The predicted octanol–water partition coefficient (Wildman–Crippen LogP) is 3.62. The first-order valence-electron chi connectivity index (χ1n) is 6.33. The molecule has 0 radical (unpaired) electrons. The van der Waals surface area contributed by atoms with E-state index in [-0.39, 0.29) is 5.97 Å². The molecule has 0 bridgehead atoms. The highest BCUT2D eigenvalue weighted by Gasteiger charge is 2.20. The van der Waals surface area contributed by atoms with Crippen molar-refractivity contribution in [1.82, 2.24) is 0 Å². The number of ether oxygens (including phenoxy) is 1. The van der Waals surface area contributed by atoms with E-state index in [1.165, 1.54) is 29.7 Å². The number of anilines is 2. The van der Waals surface area contributed by atoms with Crippen molar-refractivity contribution in [1.29, 1.82) is 0 Å². The number of methoxy groups -OCH3 is 1. The number of benzene rings is 1. The van der Waals surface area contributed by atoms with Gasteiger partial charge in [0, 0.05) is 12.2 Å². The number of nitrogens with zero attached hydrogens (tertiary/aromatic N) is 1. The second-order valence-corrected chi connectivity index (χ2v) is 5.58. The van der Waals surface area contributed by atoms with E-state index >= 15 is 0 Å². The summed E-state index contributed by atoms with van der Waals surface area (Å²) >= 11 is 1.49. The standard InChI is InChI=1S/C15H15NO2S/c1-18-15(17)13-8-9-14(19-13)16-10-4-6-11-5-2-3-7-12(11)16/h2-3,5,7-9H,4,6,10H2,1H3. The van der Waals surface area contributed by atoms with E-state index in [4.69, 9.17) is 4.74 Å². The van der Waals surface area contributed by atoms with E-state index in [2.05, 4.69) is 29.2 Å². The van der Waals surface area contributed by atoms with Crippen LogP contribution >= 0.6 is 11.3 Å². The normalized spacial score (nSPS) is 14.1. The van der Waals surface area contributed by atoms with Gasteiger partial charge in [-0.3, -0.25) is 0 Å². The molecular formula is C15H15NO2S. The number of hydrogen-bond acceptors (Lipinski definition) is 4. The summed E-state index contributed by atoms with van der Waals surface area (Å²) in [4.78, 5) is 14.5. The van der Waals surface area contributed by atoms with Crippen LogP contribution in [0.4, 0.5) is 10.7 Å². The maximum absolute atomic E-state index is 11.5. The molecule has 1 aliphatic heterocycles. The molecule has 0 atom stereocenters. The van der Waals surface area contributed by atoms with Crippen LogP contribution in [0.5, 0.6) is 0 Å². The van der Waals surface area contributed by atoms with Gasteiger partial charge in [-0.2, -0.15) is 0 Å². The van der Waals surface area contributed by atoms with E-state index < -0.39 is 0 Å². The molecule has 4 heteroatoms. The monoisotopic (exact) mass is 273 g/mol. The van der Waals surface area contributed by atoms with Crippen LogP contribution in [0.15, 0.2) is 36.4 Å². The topological polar surface area (TPSA) is 29.5 Å². The van der Waals surface area contributed by atoms with E-state index in [0.29, 0.717) is 4.88 Å². The highest BCUT2D eigenvalue weighted by atomic mass is 32.1. The van der Waals surface area contributed by atoms with Gasteiger partial charge < -0.3 is 9.64 Å². The average molecular weight is 273 g/mol. The van der Waals surface area contributed by atoms with Gasteiger partial charge in [0.15, 0.2) is 0 Å². The molecule has 1 aromatic heterocycles. The number of aryl methyl sites for hydroxylation is 1. The van der Waals surface area contributed by atoms with Gasteiger partial charge in [-0.15, -0.1) is 11.3 Å². The molecule has 2 aromatic rings. The zero-order valence-electron chi connectivity index (χ0n) is 10.8. The minimum atomic E-state index is -0.262. The van der Waals surface area contributed by atoms with Crippen molar-refractivity contribution in [2.45, 2.75) is 12.8 Å². The molecule has 0 spiro atoms. The second-order valence-electron chi connectivity index (χ2n) is 4.51. The predicted molar refractivity (Wildman–Crippen MR) is 77.4 cm³/mol. The van der Waals surface area contributed by atoms with Gasteiger partial charge in [0.2, 0.25) is 0 Å². The Balaban J connectivity index is 1.95. The molecule has 3 rings (SSSR count). The summed E-state index contributed by atoms with van der Waals surface area (Å²) in [5.41, 5.74) is 2.63. The Bertz CT molecular complexity index is 606. The van der Waals surface area contributed by atoms with Gasteiger partial charge in [0.1, 0.15) is 4.88 Å². The van der Waals surface area contributed by atoms with Gasteiger partial charge in [0.25, 0.3) is 0 Å². The lowest BCUT2D eigenvalue weighted by atomic mass is 10.0. The number of esters is 1. The maximum atomic E-state index is 11.5. The van der Waals surface area contributed by atoms with Crippen molar-refractivity contribution < 1.29 is 9.53 Å². The first-order valence-corrected chi connectivity index (χ1v) is 7.15. The summed E-state index contributed by atoms with van der Waals surface area (Å²) in [5.74, 6) is -0.262. The average Bonchev–Trinajstić information content (AvgIpc) is 2.95. The third-order valence-corrected chi connectivity index (χ3v) is 4.44. The van der Waals surface area contributed by atoms with Crippen molar-refractivity contribution in [3.63, 3.8) is 0 Å². The SMILES string of the molecule is COC(=O)c1ccc(N2CCCc3ccccc32)s1. The van der Waals surface area contributed by atoms with Gasteiger partial charge in [-0.25, -0.2) is 4.79 Å². The molecule has 0 amide bonds. The first kappa shape index (κ1) is 12.2. The third-order valence-electron chi connectivity index (χ3n) is 3.35. The largest absolute Gasteiger partial charge is 0.465 e. The zero-order chi connectivity index (χ0) is 13.2. The molecule has 1 aliphatic rings. The van der Waals surface area contributed by atoms with Crippen LogP contribution in [0, 0.1) is 0 Å². The summed E-state index contributed by atoms with van der Waals surface area (Å²) in [6.45, 7) is 0.998. The number of hydrogen-bond donors (Lipinski definition) is 0. The zero-order valence-corrected chi connectivity index (χ0v) is 11.6. The molecule has 0 unspecified atom stereocenters. The first-order chi connectivity index (χ1) is 9.29. The summed E-state index contributed by atoms with van der Waals surface area (Å²) in [6, 6.07) is 12.3. The van der Waals surface area contributed by atoms with E-state index in [1.54, 1.807) is 0 Å². The lowest BCUT2D eigenvalue weighted by molar-refractivity contribution is 0.0606. The second kappa shape index (κ2) is 5.05. The lowest BCUT2D eigenvalue weighted by Crippen LogP contribution is -2.23. The molecule has 19 heavy (non-hydrogen) atoms. The van der Waals surface area contributed by atoms with Crippen molar-refractivity contribution in [2.24, 2.45) is 0 Å². The van der Waals surface area contributed by atoms with E-state index in [1.807, 2.05) is 12.1 Å². The molecule has 0 aliphatic carbocycles. The van der Waals surface area contributed by atoms with Crippen LogP contribution in [0.2, 0.25) is 0 Å². The number of carbonyl (C=O) groups is 1. The van der Waals surface area contributed by atoms with Crippen LogP contribution in [0.3, 0.4) is 0 Å². The summed E-state index contributed by atoms with van der Waals surface area (Å²) < 4.78 is 4.76. The number of fused-ring (bicyclic) bond motifs is 1. The van der Waals surface area contributed by atoms with Crippen molar-refractivity contribution in [2.75, 3.05) is 18.6 Å². The molecule has 1 aromatic carbocycles. The Hall–Kier alpha value is -1.81. The Kier molecular flexibility index (Phi) is 3.25. The number of thiophene rings is 1. The lowest BCUT2D eigenvalue weighted by Gasteiger charge is -2.29. The van der Waals surface area contributed by atoms with Crippen molar-refractivity contribution >= 4 is 28.0 Å². The summed E-state index contributed by atoms with van der Waals surface area (Å²) in [6.07, 6.45) is 2.27. The fourth-order valence-corrected chi connectivity index (χ4v) is 3.41. The summed E-state index contributed by atoms with van der Waals surface area (Å²) in [7, 11) is 1.41. The van der Waals surface area contributed by atoms with Gasteiger partial charge >= 0.3 is 5.97 Å². The van der Waals surface area contributed by atoms with Crippen molar-refractivity contribution in [3.05, 3.63) is 46.8 Å². The fraction of sp³-hybridized carbons (Fsp3) is 0.267. The molecule has 0 fully saturated rings. The van der Waals surface area contributed by atoms with Crippen LogP contribution in [-0.4, -0.2) is 19.6 Å².